The second-order valence-electron chi connectivity index (χ2n) is 6.76. The molecule has 0 aliphatic carbocycles. The van der Waals surface area contributed by atoms with Crippen LogP contribution in [-0.4, -0.2) is 24.5 Å². The number of hydrogen-bond donors (Lipinski definition) is 1. The number of furan rings is 1. The highest BCUT2D eigenvalue weighted by molar-refractivity contribution is 5.77. The Morgan fingerprint density at radius 2 is 1.95 bits per heavy atom. The van der Waals surface area contributed by atoms with E-state index >= 15 is 0 Å². The number of fused-ring (bicyclic) bond motifs is 1. The highest BCUT2D eigenvalue weighted by atomic mass is 16.3. The van der Waals surface area contributed by atoms with Gasteiger partial charge in [-0.2, -0.15) is 0 Å². The Bertz CT molecular complexity index is 544. The lowest BCUT2D eigenvalue weighted by Gasteiger charge is -2.37. The second kappa shape index (κ2) is 5.23. The van der Waals surface area contributed by atoms with Crippen LogP contribution in [-0.2, 0) is 0 Å². The summed E-state index contributed by atoms with van der Waals surface area (Å²) in [5.41, 5.74) is 7.74. The molecule has 1 aromatic carbocycles. The summed E-state index contributed by atoms with van der Waals surface area (Å²) < 4.78 is 5.86. The Morgan fingerprint density at radius 3 is 2.65 bits per heavy atom. The Hall–Kier alpha value is -1.32. The molecule has 0 radical (unpaired) electrons. The van der Waals surface area contributed by atoms with E-state index in [0.717, 1.165) is 36.4 Å². The fourth-order valence-corrected chi connectivity index (χ4v) is 2.89. The first-order valence-electron chi connectivity index (χ1n) is 7.50. The molecule has 2 N–H and O–H groups in total. The molecule has 2 heterocycles. The number of nitrogens with zero attached hydrogens (tertiary/aromatic N) is 1. The molecule has 3 rings (SSSR count). The van der Waals surface area contributed by atoms with Crippen LogP contribution in [0.1, 0.15) is 38.5 Å². The quantitative estimate of drug-likeness (QED) is 0.929. The van der Waals surface area contributed by atoms with Gasteiger partial charge in [-0.05, 0) is 43.5 Å². The molecular weight excluding hydrogens is 248 g/mol. The second-order valence-corrected chi connectivity index (χ2v) is 6.76. The molecule has 1 atom stereocenters. The summed E-state index contributed by atoms with van der Waals surface area (Å²) in [6.45, 7) is 7.87. The van der Waals surface area contributed by atoms with Gasteiger partial charge in [0.25, 0.3) is 0 Å². The van der Waals surface area contributed by atoms with Gasteiger partial charge in [0.15, 0.2) is 0 Å². The van der Waals surface area contributed by atoms with Crippen molar-refractivity contribution in [3.8, 4) is 0 Å². The molecule has 1 fully saturated rings. The standard InChI is InChI=1S/C17H24N2O/c1-17(2)7-9-19(10-8-17)12-14(18)16-11-13-5-3-4-6-15(13)20-16/h3-6,11,14H,7-10,12,18H2,1-2H3. The molecule has 3 nitrogen and oxygen atoms in total. The van der Waals surface area contributed by atoms with Crippen LogP contribution in [0.25, 0.3) is 11.0 Å². The zero-order valence-electron chi connectivity index (χ0n) is 12.4. The third kappa shape index (κ3) is 2.89. The Morgan fingerprint density at radius 1 is 1.25 bits per heavy atom. The van der Waals surface area contributed by atoms with E-state index in [2.05, 4.69) is 30.9 Å². The van der Waals surface area contributed by atoms with E-state index in [-0.39, 0.29) is 6.04 Å². The van der Waals surface area contributed by atoms with E-state index in [1.54, 1.807) is 0 Å². The van der Waals surface area contributed by atoms with Crippen molar-refractivity contribution >= 4 is 11.0 Å². The molecular formula is C17H24N2O. The number of benzene rings is 1. The number of nitrogens with two attached hydrogens (primary N) is 1. The summed E-state index contributed by atoms with van der Waals surface area (Å²) >= 11 is 0. The number of para-hydroxylation sites is 1. The number of likely N-dealkylation sites (tertiary alicyclic amines) is 1. The minimum atomic E-state index is -0.0383. The van der Waals surface area contributed by atoms with Gasteiger partial charge in [0.05, 0.1) is 6.04 Å². The number of rotatable bonds is 3. The first kappa shape index (κ1) is 13.7. The molecule has 1 aliphatic heterocycles. The van der Waals surface area contributed by atoms with Crippen LogP contribution >= 0.6 is 0 Å². The summed E-state index contributed by atoms with van der Waals surface area (Å²) in [5.74, 6) is 0.899. The van der Waals surface area contributed by atoms with Crippen molar-refractivity contribution in [3.63, 3.8) is 0 Å². The van der Waals surface area contributed by atoms with Gasteiger partial charge in [-0.15, -0.1) is 0 Å². The maximum absolute atomic E-state index is 6.32. The fourth-order valence-electron chi connectivity index (χ4n) is 2.89. The van der Waals surface area contributed by atoms with Crippen molar-refractivity contribution in [2.24, 2.45) is 11.1 Å². The summed E-state index contributed by atoms with van der Waals surface area (Å²) in [4.78, 5) is 2.46. The summed E-state index contributed by atoms with van der Waals surface area (Å²) in [6, 6.07) is 10.1. The van der Waals surface area contributed by atoms with Crippen LogP contribution in [0.5, 0.6) is 0 Å². The number of hydrogen-bond acceptors (Lipinski definition) is 3. The van der Waals surface area contributed by atoms with Gasteiger partial charge >= 0.3 is 0 Å². The minimum absolute atomic E-state index is 0.0383. The van der Waals surface area contributed by atoms with Crippen molar-refractivity contribution in [2.75, 3.05) is 19.6 Å². The molecule has 2 aromatic rings. The van der Waals surface area contributed by atoms with Crippen molar-refractivity contribution < 1.29 is 4.42 Å². The summed E-state index contributed by atoms with van der Waals surface area (Å²) in [6.07, 6.45) is 2.50. The van der Waals surface area contributed by atoms with Crippen molar-refractivity contribution in [2.45, 2.75) is 32.7 Å². The topological polar surface area (TPSA) is 42.4 Å². The monoisotopic (exact) mass is 272 g/mol. The van der Waals surface area contributed by atoms with Crippen LogP contribution in [0, 0.1) is 5.41 Å². The zero-order chi connectivity index (χ0) is 14.2. The predicted octanol–water partition coefficient (Wildman–Crippen LogP) is 3.55. The summed E-state index contributed by atoms with van der Waals surface area (Å²) in [7, 11) is 0. The van der Waals surface area contributed by atoms with E-state index in [1.807, 2.05) is 18.2 Å². The van der Waals surface area contributed by atoms with Gasteiger partial charge in [-0.25, -0.2) is 0 Å². The Labute approximate surface area is 120 Å². The van der Waals surface area contributed by atoms with Gasteiger partial charge in [0, 0.05) is 11.9 Å². The Kier molecular flexibility index (Phi) is 3.57. The zero-order valence-corrected chi connectivity index (χ0v) is 12.4. The van der Waals surface area contributed by atoms with E-state index in [9.17, 15) is 0 Å². The van der Waals surface area contributed by atoms with Crippen LogP contribution < -0.4 is 5.73 Å². The minimum Gasteiger partial charge on any atom is -0.459 e. The molecule has 3 heteroatoms. The van der Waals surface area contributed by atoms with Crippen LogP contribution in [0.2, 0.25) is 0 Å². The van der Waals surface area contributed by atoms with Crippen molar-refractivity contribution in [1.29, 1.82) is 0 Å². The van der Waals surface area contributed by atoms with Gasteiger partial charge in [0.1, 0.15) is 11.3 Å². The molecule has 1 aromatic heterocycles. The summed E-state index contributed by atoms with van der Waals surface area (Å²) in [5, 5.41) is 1.14. The predicted molar refractivity (Wildman–Crippen MR) is 82.6 cm³/mol. The maximum Gasteiger partial charge on any atom is 0.134 e. The first-order valence-corrected chi connectivity index (χ1v) is 7.50. The molecule has 0 spiro atoms. The molecule has 0 amide bonds. The average molecular weight is 272 g/mol. The molecule has 108 valence electrons. The van der Waals surface area contributed by atoms with E-state index in [4.69, 9.17) is 10.2 Å². The highest BCUT2D eigenvalue weighted by Crippen LogP contribution is 2.30. The molecule has 1 unspecified atom stereocenters. The molecule has 0 bridgehead atoms. The van der Waals surface area contributed by atoms with Gasteiger partial charge in [0.2, 0.25) is 0 Å². The normalized spacial score (nSPS) is 21.1. The van der Waals surface area contributed by atoms with Gasteiger partial charge < -0.3 is 15.1 Å². The lowest BCUT2D eigenvalue weighted by Crippen LogP contribution is -2.40. The maximum atomic E-state index is 6.32. The van der Waals surface area contributed by atoms with E-state index in [1.165, 1.54) is 12.8 Å². The lowest BCUT2D eigenvalue weighted by atomic mass is 9.82. The molecule has 20 heavy (non-hydrogen) atoms. The lowest BCUT2D eigenvalue weighted by molar-refractivity contribution is 0.124. The van der Waals surface area contributed by atoms with Gasteiger partial charge in [-0.1, -0.05) is 32.0 Å². The molecule has 1 aliphatic rings. The van der Waals surface area contributed by atoms with Crippen LogP contribution in [0.15, 0.2) is 34.7 Å². The third-order valence-electron chi connectivity index (χ3n) is 4.47. The van der Waals surface area contributed by atoms with E-state index in [0.29, 0.717) is 5.41 Å². The average Bonchev–Trinajstić information content (AvgIpc) is 2.85. The van der Waals surface area contributed by atoms with E-state index < -0.39 is 0 Å². The Balaban J connectivity index is 1.66. The fraction of sp³-hybridized carbons (Fsp3) is 0.529. The van der Waals surface area contributed by atoms with Crippen LogP contribution in [0.3, 0.4) is 0 Å². The largest absolute Gasteiger partial charge is 0.459 e. The number of piperidine rings is 1. The third-order valence-corrected chi connectivity index (χ3v) is 4.47. The highest BCUT2D eigenvalue weighted by Gasteiger charge is 2.26. The van der Waals surface area contributed by atoms with Crippen molar-refractivity contribution in [1.82, 2.24) is 4.90 Å². The first-order chi connectivity index (χ1) is 9.53. The SMILES string of the molecule is CC1(C)CCN(CC(N)c2cc3ccccc3o2)CC1. The van der Waals surface area contributed by atoms with Crippen LogP contribution in [0.4, 0.5) is 0 Å². The van der Waals surface area contributed by atoms with Crippen molar-refractivity contribution in [3.05, 3.63) is 36.1 Å². The smallest absolute Gasteiger partial charge is 0.134 e. The molecule has 1 saturated heterocycles. The molecule has 0 saturated carbocycles. The van der Waals surface area contributed by atoms with Gasteiger partial charge in [-0.3, -0.25) is 0 Å².